The molecule has 0 N–H and O–H groups in total. The standard InChI is InChI=1S/C14H20O9S.Au.H3P/c1-6(15)19-5-10-11(20-7(2)16)12(21-8(3)17)13(14(24)23-10)22-9(4)18;;/h10-14,24H,5H2,1-4H3;;1H3/q;+1;/p-1/t10-,11-,12+,13-,14+;;/m1../s1. The van der Waals surface area contributed by atoms with Gasteiger partial charge < -0.3 is 36.3 Å². The van der Waals surface area contributed by atoms with Gasteiger partial charge in [0.1, 0.15) is 18.8 Å². The molecule has 0 radical (unpaired) electrons. The first-order valence-electron chi connectivity index (χ1n) is 7.08. The topological polar surface area (TPSA) is 114 Å². The molecule has 0 aromatic rings. The van der Waals surface area contributed by atoms with Crippen molar-refractivity contribution in [2.24, 2.45) is 0 Å². The number of rotatable bonds is 5. The Morgan fingerprint density at radius 3 is 1.65 bits per heavy atom. The second kappa shape index (κ2) is 12.7. The van der Waals surface area contributed by atoms with Crippen molar-refractivity contribution in [2.75, 3.05) is 6.61 Å². The van der Waals surface area contributed by atoms with Crippen molar-refractivity contribution in [3.05, 3.63) is 0 Å². The summed E-state index contributed by atoms with van der Waals surface area (Å²) in [4.78, 5) is 45.0. The maximum atomic E-state index is 11.4. The van der Waals surface area contributed by atoms with Gasteiger partial charge in [0.25, 0.3) is 0 Å². The number of carbonyl (C=O) groups excluding carboxylic acids is 4. The molecule has 1 heterocycles. The van der Waals surface area contributed by atoms with Crippen LogP contribution in [-0.4, -0.2) is 60.3 Å². The molecule has 1 unspecified atom stereocenters. The molecular formula is C14H22AuO9PS. The van der Waals surface area contributed by atoms with Crippen molar-refractivity contribution < 1.29 is 65.2 Å². The van der Waals surface area contributed by atoms with E-state index in [1.165, 1.54) is 6.92 Å². The van der Waals surface area contributed by atoms with E-state index in [2.05, 4.69) is 0 Å². The second-order valence-corrected chi connectivity index (χ2v) is 5.53. The fourth-order valence-electron chi connectivity index (χ4n) is 2.19. The third-order valence-electron chi connectivity index (χ3n) is 2.95. The molecule has 1 rings (SSSR count). The first-order valence-corrected chi connectivity index (χ1v) is 7.55. The quantitative estimate of drug-likeness (QED) is 0.138. The second-order valence-electron chi connectivity index (χ2n) is 5.07. The molecular weight excluding hydrogens is 572 g/mol. The molecule has 0 aromatic carbocycles. The largest absolute Gasteiger partial charge is 1.00 e. The predicted molar refractivity (Wildman–Crippen MR) is 90.4 cm³/mol. The zero-order chi connectivity index (χ0) is 18.4. The zero-order valence-corrected chi connectivity index (χ0v) is 19.1. The van der Waals surface area contributed by atoms with E-state index < -0.39 is 53.7 Å². The van der Waals surface area contributed by atoms with E-state index >= 15 is 0 Å². The summed E-state index contributed by atoms with van der Waals surface area (Å²) in [7, 11) is 0. The van der Waals surface area contributed by atoms with Crippen LogP contribution in [0, 0.1) is 0 Å². The van der Waals surface area contributed by atoms with Crippen LogP contribution in [0.15, 0.2) is 0 Å². The third-order valence-corrected chi connectivity index (χ3v) is 3.33. The van der Waals surface area contributed by atoms with E-state index in [4.69, 9.17) is 36.3 Å². The van der Waals surface area contributed by atoms with Gasteiger partial charge in [-0.05, 0) is 5.44 Å². The van der Waals surface area contributed by atoms with Gasteiger partial charge in [0, 0.05) is 27.7 Å². The number of hydrogen-bond donors (Lipinski definition) is 0. The van der Waals surface area contributed by atoms with Crippen LogP contribution in [-0.2, 0) is 77.9 Å². The van der Waals surface area contributed by atoms with Crippen LogP contribution < -0.4 is 0 Å². The maximum absolute atomic E-state index is 11.4. The average Bonchev–Trinajstić information content (AvgIpc) is 2.42. The maximum Gasteiger partial charge on any atom is 1.00 e. The molecule has 0 aromatic heterocycles. The normalized spacial score (nSPS) is 27.0. The molecule has 1 aliphatic heterocycles. The van der Waals surface area contributed by atoms with Crippen molar-refractivity contribution in [2.45, 2.75) is 57.5 Å². The van der Waals surface area contributed by atoms with E-state index in [0.717, 1.165) is 20.8 Å². The Hall–Kier alpha value is -0.640. The van der Waals surface area contributed by atoms with Gasteiger partial charge in [0.2, 0.25) is 0 Å². The summed E-state index contributed by atoms with van der Waals surface area (Å²) < 4.78 is 25.7. The minimum absolute atomic E-state index is 0. The number of esters is 4. The Bertz CT molecular complexity index is 519. The minimum Gasteiger partial charge on any atom is -0.757 e. The van der Waals surface area contributed by atoms with Crippen molar-refractivity contribution in [1.82, 2.24) is 0 Å². The van der Waals surface area contributed by atoms with E-state index in [9.17, 15) is 19.2 Å². The molecule has 6 atom stereocenters. The molecule has 0 bridgehead atoms. The van der Waals surface area contributed by atoms with Gasteiger partial charge in [-0.25, -0.2) is 0 Å². The number of hydrogen-bond acceptors (Lipinski definition) is 10. The Kier molecular flexibility index (Phi) is 13.5. The monoisotopic (exact) mass is 594 g/mol. The number of ether oxygens (including phenoxy) is 5. The average molecular weight is 594 g/mol. The van der Waals surface area contributed by atoms with E-state index in [-0.39, 0.29) is 38.9 Å². The van der Waals surface area contributed by atoms with Crippen molar-refractivity contribution in [3.63, 3.8) is 0 Å². The van der Waals surface area contributed by atoms with Crippen LogP contribution in [0.2, 0.25) is 0 Å². The molecule has 1 fully saturated rings. The molecule has 12 heteroatoms. The molecule has 0 saturated carbocycles. The van der Waals surface area contributed by atoms with Crippen LogP contribution in [0.4, 0.5) is 0 Å². The molecule has 9 nitrogen and oxygen atoms in total. The molecule has 0 aliphatic carbocycles. The molecule has 1 aliphatic rings. The SMILES string of the molecule is CC(=O)OC[C@H]1O[C@@H]([S-])[C@H](OC(C)=O)[C@@H](OC(C)=O)[C@@H]1OC(C)=O.P.[Au+]. The molecule has 0 amide bonds. The first-order chi connectivity index (χ1) is 11.1. The van der Waals surface area contributed by atoms with E-state index in [1.807, 2.05) is 0 Å². The fourth-order valence-corrected chi connectivity index (χ4v) is 2.54. The third kappa shape index (κ3) is 8.83. The summed E-state index contributed by atoms with van der Waals surface area (Å²) in [6.45, 7) is 4.36. The van der Waals surface area contributed by atoms with Crippen molar-refractivity contribution >= 4 is 46.4 Å². The molecule has 1 saturated heterocycles. The first kappa shape index (κ1) is 27.6. The predicted octanol–water partition coefficient (Wildman–Crippen LogP) is -0.328. The summed E-state index contributed by atoms with van der Waals surface area (Å²) in [5.41, 5.74) is -1.09. The van der Waals surface area contributed by atoms with Crippen LogP contribution >= 0.6 is 9.90 Å². The fraction of sp³-hybridized carbons (Fsp3) is 0.714. The molecule has 26 heavy (non-hydrogen) atoms. The summed E-state index contributed by atoms with van der Waals surface area (Å²) >= 11 is 5.11. The van der Waals surface area contributed by atoms with Gasteiger partial charge in [0.15, 0.2) is 12.2 Å². The van der Waals surface area contributed by atoms with Crippen LogP contribution in [0.3, 0.4) is 0 Å². The summed E-state index contributed by atoms with van der Waals surface area (Å²) in [5, 5.41) is 0. The van der Waals surface area contributed by atoms with Crippen molar-refractivity contribution in [1.29, 1.82) is 0 Å². The smallest absolute Gasteiger partial charge is 0.757 e. The number of carbonyl (C=O) groups is 4. The van der Waals surface area contributed by atoms with E-state index in [1.54, 1.807) is 0 Å². The Labute approximate surface area is 175 Å². The van der Waals surface area contributed by atoms with E-state index in [0.29, 0.717) is 0 Å². The van der Waals surface area contributed by atoms with Crippen LogP contribution in [0.1, 0.15) is 27.7 Å². The van der Waals surface area contributed by atoms with Gasteiger partial charge >= 0.3 is 46.3 Å². The Morgan fingerprint density at radius 1 is 0.808 bits per heavy atom. The Balaban J connectivity index is 0. The molecule has 0 spiro atoms. The van der Waals surface area contributed by atoms with Gasteiger partial charge in [0.05, 0.1) is 0 Å². The summed E-state index contributed by atoms with van der Waals surface area (Å²) in [6.07, 6.45) is -4.47. The van der Waals surface area contributed by atoms with Crippen LogP contribution in [0.25, 0.3) is 0 Å². The summed E-state index contributed by atoms with van der Waals surface area (Å²) in [5.74, 6) is -2.62. The van der Waals surface area contributed by atoms with Crippen LogP contribution in [0.5, 0.6) is 0 Å². The Morgan fingerprint density at radius 2 is 1.23 bits per heavy atom. The van der Waals surface area contributed by atoms with Gasteiger partial charge in [-0.1, -0.05) is 0 Å². The van der Waals surface area contributed by atoms with Gasteiger partial charge in [-0.2, -0.15) is 9.90 Å². The molecule has 154 valence electrons. The summed E-state index contributed by atoms with van der Waals surface area (Å²) in [6, 6.07) is 0. The van der Waals surface area contributed by atoms with Crippen molar-refractivity contribution in [3.8, 4) is 0 Å². The minimum atomic E-state index is -1.19. The zero-order valence-electron chi connectivity index (χ0n) is 14.7. The van der Waals surface area contributed by atoms with Gasteiger partial charge in [-0.15, -0.1) is 0 Å². The van der Waals surface area contributed by atoms with Gasteiger partial charge in [-0.3, -0.25) is 19.2 Å².